The second-order valence-corrected chi connectivity index (χ2v) is 11.9. The molecule has 0 aliphatic carbocycles. The number of rotatable bonds is 2. The number of hydrogen-bond donors (Lipinski definition) is 4. The van der Waals surface area contributed by atoms with E-state index in [0.29, 0.717) is 12.2 Å². The first-order chi connectivity index (χ1) is 17.0. The second-order valence-electron chi connectivity index (χ2n) is 9.24. The molecule has 4 amide bonds. The van der Waals surface area contributed by atoms with Gasteiger partial charge in [-0.2, -0.15) is 0 Å². The van der Waals surface area contributed by atoms with E-state index in [1.165, 1.54) is 27.7 Å². The van der Waals surface area contributed by atoms with Crippen LogP contribution in [-0.4, -0.2) is 65.3 Å². The van der Waals surface area contributed by atoms with Crippen LogP contribution in [0.15, 0.2) is 23.9 Å². The average molecular weight is 541 g/mol. The van der Waals surface area contributed by atoms with Gasteiger partial charge in [0.2, 0.25) is 17.7 Å². The maximum atomic E-state index is 13.2. The highest BCUT2D eigenvalue weighted by atomic mass is 33.1. The van der Waals surface area contributed by atoms with Gasteiger partial charge in [-0.05, 0) is 31.3 Å². The zero-order valence-corrected chi connectivity index (χ0v) is 22.9. The van der Waals surface area contributed by atoms with Gasteiger partial charge < -0.3 is 26.0 Å². The van der Waals surface area contributed by atoms with Crippen molar-refractivity contribution in [1.29, 1.82) is 0 Å². The van der Waals surface area contributed by atoms with Crippen molar-refractivity contribution in [2.45, 2.75) is 71.7 Å². The topological polar surface area (TPSA) is 143 Å². The van der Waals surface area contributed by atoms with Gasteiger partial charge in [-0.1, -0.05) is 61.4 Å². The molecular weight excluding hydrogens is 504 g/mol. The summed E-state index contributed by atoms with van der Waals surface area (Å²) >= 11 is 0. The van der Waals surface area contributed by atoms with Crippen LogP contribution < -0.4 is 21.3 Å². The predicted octanol–water partition coefficient (Wildman–Crippen LogP) is 1.43. The van der Waals surface area contributed by atoms with Crippen molar-refractivity contribution in [3.05, 3.63) is 23.9 Å². The fourth-order valence-electron chi connectivity index (χ4n) is 3.50. The third kappa shape index (κ3) is 8.88. The Hall–Kier alpha value is -2.47. The van der Waals surface area contributed by atoms with Gasteiger partial charge in [0.15, 0.2) is 0 Å². The third-order valence-electron chi connectivity index (χ3n) is 5.59. The molecule has 12 heteroatoms. The van der Waals surface area contributed by atoms with Crippen LogP contribution in [0.1, 0.15) is 47.5 Å². The summed E-state index contributed by atoms with van der Waals surface area (Å²) in [4.78, 5) is 65.2. The van der Waals surface area contributed by atoms with E-state index in [0.717, 1.165) is 0 Å². The number of nitrogens with one attached hydrogen (secondary N) is 4. The fraction of sp³-hybridized carbons (Fsp3) is 0.625. The molecule has 1 fully saturated rings. The summed E-state index contributed by atoms with van der Waals surface area (Å²) in [6, 6.07) is -2.86. The van der Waals surface area contributed by atoms with Gasteiger partial charge in [-0.3, -0.25) is 19.2 Å². The largest absolute Gasteiger partial charge is 0.456 e. The standard InChI is InChI=1S/C24H36N4O6S2/c1-6-16-21(30)28-20(14(4)5)24(33)34-15-9-7-8-10-35-36-12-17(22(31)25-16)26-23(32)19(13(2)3)27-18(29)11-15/h6-7,9,13-15,17,19-20H,8,10-12H2,1-5H3,(H,25,31)(H,26,32)(H,27,29)(H,28,30)/b9-7+,16-6-/t15-,17-,19+,20+/m0/s1. The van der Waals surface area contributed by atoms with E-state index in [4.69, 9.17) is 4.74 Å². The Bertz CT molecular complexity index is 905. The molecule has 2 aliphatic heterocycles. The first-order valence-electron chi connectivity index (χ1n) is 12.0. The smallest absolute Gasteiger partial charge is 0.329 e. The number of allylic oxidation sites excluding steroid dienone is 2. The van der Waals surface area contributed by atoms with E-state index in [-0.39, 0.29) is 29.7 Å². The van der Waals surface area contributed by atoms with E-state index in [1.807, 2.05) is 6.08 Å². The summed E-state index contributed by atoms with van der Waals surface area (Å²) in [6.07, 6.45) is 4.51. The van der Waals surface area contributed by atoms with E-state index >= 15 is 0 Å². The molecule has 2 heterocycles. The van der Waals surface area contributed by atoms with Crippen molar-refractivity contribution in [3.8, 4) is 0 Å². The van der Waals surface area contributed by atoms with Gasteiger partial charge in [-0.15, -0.1) is 0 Å². The minimum Gasteiger partial charge on any atom is -0.456 e. The van der Waals surface area contributed by atoms with Crippen molar-refractivity contribution < 1.29 is 28.7 Å². The van der Waals surface area contributed by atoms with Crippen LogP contribution in [0.5, 0.6) is 0 Å². The molecule has 200 valence electrons. The summed E-state index contributed by atoms with van der Waals surface area (Å²) in [5, 5.41) is 10.7. The first kappa shape index (κ1) is 29.8. The van der Waals surface area contributed by atoms with Crippen LogP contribution in [0.4, 0.5) is 0 Å². The highest BCUT2D eigenvalue weighted by Gasteiger charge is 2.33. The summed E-state index contributed by atoms with van der Waals surface area (Å²) in [5.74, 6) is -2.54. The summed E-state index contributed by atoms with van der Waals surface area (Å²) < 4.78 is 5.65. The van der Waals surface area contributed by atoms with E-state index in [1.54, 1.807) is 40.7 Å². The number of hydrogen-bond acceptors (Lipinski definition) is 8. The quantitative estimate of drug-likeness (QED) is 0.178. The number of ether oxygens (including phenoxy) is 1. The highest BCUT2D eigenvalue weighted by molar-refractivity contribution is 8.76. The lowest BCUT2D eigenvalue weighted by Gasteiger charge is -2.27. The molecule has 4 N–H and O–H groups in total. The number of carbonyl (C=O) groups is 5. The second kappa shape index (κ2) is 14.3. The average Bonchev–Trinajstić information content (AvgIpc) is 2.81. The van der Waals surface area contributed by atoms with Crippen LogP contribution in [0.2, 0.25) is 0 Å². The Kier molecular flexibility index (Phi) is 11.8. The Morgan fingerprint density at radius 3 is 2.28 bits per heavy atom. The maximum absolute atomic E-state index is 13.2. The van der Waals surface area contributed by atoms with Crippen LogP contribution in [0.25, 0.3) is 0 Å². The molecular formula is C24H36N4O6S2. The lowest BCUT2D eigenvalue weighted by atomic mass is 10.0. The van der Waals surface area contributed by atoms with Gasteiger partial charge in [0.05, 0.1) is 6.42 Å². The van der Waals surface area contributed by atoms with Crippen molar-refractivity contribution in [1.82, 2.24) is 21.3 Å². The molecule has 0 aromatic heterocycles. The Balaban J connectivity index is 2.55. The van der Waals surface area contributed by atoms with E-state index < -0.39 is 53.8 Å². The van der Waals surface area contributed by atoms with Crippen LogP contribution in [0, 0.1) is 11.8 Å². The predicted molar refractivity (Wildman–Crippen MR) is 141 cm³/mol. The van der Waals surface area contributed by atoms with Crippen LogP contribution in [0.3, 0.4) is 0 Å². The highest BCUT2D eigenvalue weighted by Crippen LogP contribution is 2.24. The Labute approximate surface area is 220 Å². The fourth-order valence-corrected chi connectivity index (χ4v) is 5.66. The molecule has 0 spiro atoms. The minimum absolute atomic E-state index is 0.0445. The van der Waals surface area contributed by atoms with Gasteiger partial charge in [0.1, 0.15) is 29.9 Å². The number of esters is 1. The SMILES string of the molecule is C/C=C1\NC(=O)[C@@H]2CSSCC/C=C/[C@@H](CC(=O)N[C@H](C(C)C)C(=O)N2)OC(=O)[C@@H](C(C)C)NC1=O. The lowest BCUT2D eigenvalue weighted by molar-refractivity contribution is -0.153. The molecule has 36 heavy (non-hydrogen) atoms. The Morgan fingerprint density at radius 1 is 0.944 bits per heavy atom. The van der Waals surface area contributed by atoms with Crippen molar-refractivity contribution in [2.75, 3.05) is 11.5 Å². The first-order valence-corrected chi connectivity index (χ1v) is 14.5. The monoisotopic (exact) mass is 540 g/mol. The normalized spacial score (nSPS) is 29.6. The van der Waals surface area contributed by atoms with E-state index in [9.17, 15) is 24.0 Å². The van der Waals surface area contributed by atoms with Crippen molar-refractivity contribution in [2.24, 2.45) is 11.8 Å². The van der Waals surface area contributed by atoms with Crippen molar-refractivity contribution in [3.63, 3.8) is 0 Å². The van der Waals surface area contributed by atoms with Gasteiger partial charge in [0.25, 0.3) is 5.91 Å². The van der Waals surface area contributed by atoms with Gasteiger partial charge >= 0.3 is 5.97 Å². The van der Waals surface area contributed by atoms with Crippen LogP contribution in [-0.2, 0) is 28.7 Å². The summed E-state index contributed by atoms with van der Waals surface area (Å²) in [7, 11) is 2.95. The maximum Gasteiger partial charge on any atom is 0.329 e. The molecule has 4 atom stereocenters. The van der Waals surface area contributed by atoms with E-state index in [2.05, 4.69) is 21.3 Å². The molecule has 0 aromatic rings. The van der Waals surface area contributed by atoms with Crippen LogP contribution >= 0.6 is 21.6 Å². The third-order valence-corrected chi connectivity index (χ3v) is 8.03. The Morgan fingerprint density at radius 2 is 1.64 bits per heavy atom. The summed E-state index contributed by atoms with van der Waals surface area (Å²) in [6.45, 7) is 8.66. The zero-order chi connectivity index (χ0) is 26.8. The van der Waals surface area contributed by atoms with Gasteiger partial charge in [-0.25, -0.2) is 4.79 Å². The number of fused-ring (bicyclic) bond motifs is 7. The summed E-state index contributed by atoms with van der Waals surface area (Å²) in [5.41, 5.74) is -0.0445. The molecule has 2 bridgehead atoms. The number of carbonyl (C=O) groups excluding carboxylic acids is 5. The molecule has 10 nitrogen and oxygen atoms in total. The molecule has 0 saturated carbocycles. The van der Waals surface area contributed by atoms with Crippen molar-refractivity contribution >= 4 is 51.2 Å². The molecule has 2 aliphatic rings. The molecule has 0 aromatic carbocycles. The molecule has 2 rings (SSSR count). The minimum atomic E-state index is -1.00. The lowest BCUT2D eigenvalue weighted by Crippen LogP contribution is -2.57. The molecule has 1 saturated heterocycles. The molecule has 0 unspecified atom stereocenters. The zero-order valence-electron chi connectivity index (χ0n) is 21.3. The number of amides is 4. The van der Waals surface area contributed by atoms with Gasteiger partial charge in [0, 0.05) is 11.5 Å². The molecule has 0 radical (unpaired) electrons.